The Hall–Kier alpha value is -1.51. The van der Waals surface area contributed by atoms with Crippen molar-refractivity contribution in [3.8, 4) is 5.75 Å². The molecule has 0 aliphatic heterocycles. The number of benzene rings is 2. The van der Waals surface area contributed by atoms with Crippen molar-refractivity contribution >= 4 is 11.6 Å². The number of rotatable bonds is 7. The quantitative estimate of drug-likeness (QED) is 0.740. The number of halogens is 1. The van der Waals surface area contributed by atoms with Crippen molar-refractivity contribution in [3.05, 3.63) is 64.2 Å². The van der Waals surface area contributed by atoms with Gasteiger partial charge in [-0.2, -0.15) is 0 Å². The molecule has 2 aromatic rings. The van der Waals surface area contributed by atoms with Gasteiger partial charge < -0.3 is 10.5 Å². The molecular weight excluding hydrogens is 294 g/mol. The van der Waals surface area contributed by atoms with Crippen LogP contribution < -0.4 is 10.5 Å². The van der Waals surface area contributed by atoms with Crippen LogP contribution in [-0.2, 0) is 0 Å². The van der Waals surface area contributed by atoms with E-state index in [1.54, 1.807) is 0 Å². The molecule has 0 heterocycles. The molecule has 0 aliphatic rings. The summed E-state index contributed by atoms with van der Waals surface area (Å²) >= 11 is 6.13. The summed E-state index contributed by atoms with van der Waals surface area (Å²) in [4.78, 5) is 0. The lowest BCUT2D eigenvalue weighted by atomic mass is 9.94. The molecule has 0 aromatic heterocycles. The molecule has 0 aliphatic carbocycles. The largest absolute Gasteiger partial charge is 0.492 e. The van der Waals surface area contributed by atoms with Crippen LogP contribution >= 0.6 is 11.6 Å². The maximum atomic E-state index is 6.13. The van der Waals surface area contributed by atoms with Crippen LogP contribution in [0, 0.1) is 13.8 Å². The fourth-order valence-corrected chi connectivity index (χ4v) is 2.66. The third kappa shape index (κ3) is 4.75. The zero-order valence-corrected chi connectivity index (χ0v) is 14.1. The van der Waals surface area contributed by atoms with Crippen LogP contribution in [0.15, 0.2) is 42.5 Å². The summed E-state index contributed by atoms with van der Waals surface area (Å²) in [6, 6.07) is 14.5. The average Bonchev–Trinajstić information content (AvgIpc) is 2.52. The fourth-order valence-electron chi connectivity index (χ4n) is 2.49. The first-order chi connectivity index (χ1) is 10.6. The van der Waals surface area contributed by atoms with E-state index in [-0.39, 0.29) is 0 Å². The van der Waals surface area contributed by atoms with Crippen molar-refractivity contribution in [2.45, 2.75) is 32.6 Å². The molecule has 0 radical (unpaired) electrons. The maximum Gasteiger partial charge on any atom is 0.138 e. The van der Waals surface area contributed by atoms with Crippen molar-refractivity contribution in [2.75, 3.05) is 13.2 Å². The highest BCUT2D eigenvalue weighted by molar-refractivity contribution is 6.32. The minimum absolute atomic E-state index is 0.386. The Morgan fingerprint density at radius 1 is 1.05 bits per heavy atom. The normalized spacial score (nSPS) is 12.2. The lowest BCUT2D eigenvalue weighted by Gasteiger charge is -2.16. The summed E-state index contributed by atoms with van der Waals surface area (Å²) in [6.07, 6.45) is 1.98. The Labute approximate surface area is 138 Å². The van der Waals surface area contributed by atoms with Gasteiger partial charge in [0.25, 0.3) is 0 Å². The molecule has 22 heavy (non-hydrogen) atoms. The van der Waals surface area contributed by atoms with E-state index in [2.05, 4.69) is 31.2 Å². The van der Waals surface area contributed by atoms with E-state index in [4.69, 9.17) is 22.1 Å². The van der Waals surface area contributed by atoms with Crippen LogP contribution in [0.4, 0.5) is 0 Å². The van der Waals surface area contributed by atoms with Gasteiger partial charge in [-0.3, -0.25) is 0 Å². The zero-order chi connectivity index (χ0) is 15.9. The average molecular weight is 318 g/mol. The highest BCUT2D eigenvalue weighted by Gasteiger charge is 2.09. The van der Waals surface area contributed by atoms with Crippen LogP contribution in [0.25, 0.3) is 0 Å². The highest BCUT2D eigenvalue weighted by Crippen LogP contribution is 2.26. The van der Waals surface area contributed by atoms with Gasteiger partial charge >= 0.3 is 0 Å². The number of hydrogen-bond donors (Lipinski definition) is 1. The zero-order valence-electron chi connectivity index (χ0n) is 13.3. The summed E-state index contributed by atoms with van der Waals surface area (Å²) in [5.41, 5.74) is 9.65. The molecule has 1 unspecified atom stereocenters. The molecule has 0 amide bonds. The van der Waals surface area contributed by atoms with Crippen LogP contribution in [0.3, 0.4) is 0 Å². The second kappa shape index (κ2) is 8.21. The number of nitrogens with two attached hydrogens (primary N) is 1. The van der Waals surface area contributed by atoms with Crippen LogP contribution in [-0.4, -0.2) is 13.2 Å². The number of ether oxygens (including phenoxy) is 1. The summed E-state index contributed by atoms with van der Waals surface area (Å²) in [7, 11) is 0. The smallest absolute Gasteiger partial charge is 0.138 e. The van der Waals surface area contributed by atoms with Crippen LogP contribution in [0.5, 0.6) is 5.75 Å². The predicted octanol–water partition coefficient (Wildman–Crippen LogP) is 4.86. The van der Waals surface area contributed by atoms with Gasteiger partial charge in [0.05, 0.1) is 11.6 Å². The molecule has 0 saturated heterocycles. The van der Waals surface area contributed by atoms with Gasteiger partial charge in [-0.15, -0.1) is 0 Å². The Balaban J connectivity index is 1.84. The van der Waals surface area contributed by atoms with Gasteiger partial charge in [-0.1, -0.05) is 47.5 Å². The Kier molecular flexibility index (Phi) is 6.29. The van der Waals surface area contributed by atoms with Crippen LogP contribution in [0.2, 0.25) is 5.02 Å². The molecule has 0 fully saturated rings. The van der Waals surface area contributed by atoms with Gasteiger partial charge in [0.2, 0.25) is 0 Å². The van der Waals surface area contributed by atoms with Crippen molar-refractivity contribution in [2.24, 2.45) is 5.73 Å². The van der Waals surface area contributed by atoms with Crippen molar-refractivity contribution in [1.29, 1.82) is 0 Å². The molecule has 118 valence electrons. The molecule has 0 spiro atoms. The molecule has 2 rings (SSSR count). The van der Waals surface area contributed by atoms with Crippen LogP contribution in [0.1, 0.15) is 35.4 Å². The molecule has 2 nitrogen and oxygen atoms in total. The highest BCUT2D eigenvalue weighted by atomic mass is 35.5. The van der Waals surface area contributed by atoms with E-state index in [9.17, 15) is 0 Å². The third-order valence-electron chi connectivity index (χ3n) is 3.87. The predicted molar refractivity (Wildman–Crippen MR) is 93.9 cm³/mol. The number of aryl methyl sites for hydroxylation is 2. The monoisotopic (exact) mass is 317 g/mol. The summed E-state index contributed by atoms with van der Waals surface area (Å²) < 4.78 is 5.79. The molecular formula is C19H24ClNO. The molecule has 3 heteroatoms. The molecule has 2 aromatic carbocycles. The van der Waals surface area contributed by atoms with Gasteiger partial charge in [0.1, 0.15) is 5.75 Å². The Morgan fingerprint density at radius 3 is 2.41 bits per heavy atom. The topological polar surface area (TPSA) is 35.2 Å². The van der Waals surface area contributed by atoms with Gasteiger partial charge in [0, 0.05) is 0 Å². The standard InChI is InChI=1S/C19H24ClNO/c1-14-5-8-16(9-6-14)17(13-21)4-3-11-22-19-12-15(2)7-10-18(19)20/h5-10,12,17H,3-4,11,13,21H2,1-2H3. The van der Waals surface area contributed by atoms with E-state index < -0.39 is 0 Å². The lowest BCUT2D eigenvalue weighted by Crippen LogP contribution is -2.13. The van der Waals surface area contributed by atoms with E-state index in [0.717, 1.165) is 24.2 Å². The van der Waals surface area contributed by atoms with E-state index in [1.165, 1.54) is 11.1 Å². The van der Waals surface area contributed by atoms with E-state index >= 15 is 0 Å². The van der Waals surface area contributed by atoms with Gasteiger partial charge in [-0.25, -0.2) is 0 Å². The minimum Gasteiger partial charge on any atom is -0.492 e. The van der Waals surface area contributed by atoms with Crippen molar-refractivity contribution in [3.63, 3.8) is 0 Å². The Morgan fingerprint density at radius 2 is 1.73 bits per heavy atom. The van der Waals surface area contributed by atoms with Gasteiger partial charge in [-0.05, 0) is 62.4 Å². The second-order valence-electron chi connectivity index (χ2n) is 5.77. The molecule has 2 N–H and O–H groups in total. The van der Waals surface area contributed by atoms with E-state index in [1.807, 2.05) is 25.1 Å². The molecule has 0 bridgehead atoms. The van der Waals surface area contributed by atoms with Gasteiger partial charge in [0.15, 0.2) is 0 Å². The lowest BCUT2D eigenvalue weighted by molar-refractivity contribution is 0.302. The summed E-state index contributed by atoms with van der Waals surface area (Å²) in [5, 5.41) is 0.666. The minimum atomic E-state index is 0.386. The number of hydrogen-bond acceptors (Lipinski definition) is 2. The van der Waals surface area contributed by atoms with E-state index in [0.29, 0.717) is 24.1 Å². The SMILES string of the molecule is Cc1ccc(C(CN)CCCOc2cc(C)ccc2Cl)cc1. The molecule has 0 saturated carbocycles. The fraction of sp³-hybridized carbons (Fsp3) is 0.368. The van der Waals surface area contributed by atoms with Crippen molar-refractivity contribution < 1.29 is 4.74 Å². The molecule has 1 atom stereocenters. The third-order valence-corrected chi connectivity index (χ3v) is 4.19. The Bertz CT molecular complexity index is 595. The summed E-state index contributed by atoms with van der Waals surface area (Å²) in [5.74, 6) is 1.15. The first kappa shape index (κ1) is 16.9. The van der Waals surface area contributed by atoms with Crippen molar-refractivity contribution in [1.82, 2.24) is 0 Å². The summed E-state index contributed by atoms with van der Waals surface area (Å²) in [6.45, 7) is 5.45. The maximum absolute atomic E-state index is 6.13. The first-order valence-corrected chi connectivity index (χ1v) is 8.13. The second-order valence-corrected chi connectivity index (χ2v) is 6.18. The first-order valence-electron chi connectivity index (χ1n) is 7.75.